The van der Waals surface area contributed by atoms with Crippen molar-refractivity contribution < 1.29 is 0 Å². The van der Waals surface area contributed by atoms with Crippen LogP contribution in [0, 0.1) is 0 Å². The Hall–Kier alpha value is -6.06. The van der Waals surface area contributed by atoms with Crippen molar-refractivity contribution in [1.29, 1.82) is 0 Å². The van der Waals surface area contributed by atoms with Gasteiger partial charge in [-0.15, -0.1) is 0 Å². The zero-order chi connectivity index (χ0) is 31.2. The van der Waals surface area contributed by atoms with Crippen LogP contribution in [0.25, 0.3) is 77.4 Å². The van der Waals surface area contributed by atoms with Crippen molar-refractivity contribution in [3.8, 4) is 27.9 Å². The maximum absolute atomic E-state index is 4.72. The molecule has 0 amide bonds. The molecule has 3 heteroatoms. The van der Waals surface area contributed by atoms with E-state index >= 15 is 0 Å². The molecule has 0 radical (unpaired) electrons. The van der Waals surface area contributed by atoms with Crippen LogP contribution in [-0.4, -0.2) is 15.8 Å². The third-order valence-corrected chi connectivity index (χ3v) is 9.39. The molecule has 0 bridgehead atoms. The molecule has 0 unspecified atom stereocenters. The number of fused-ring (bicyclic) bond motifs is 6. The SMILES string of the molecule is C1=NCc2c(n(-c3ccc(-c4c5ccccc5c(-c5ccc6cccnc6c5)c5ccccc45)cc3)c3ccccc23)/C=C\C/C=C\1. The predicted octanol–water partition coefficient (Wildman–Crippen LogP) is 11.4. The largest absolute Gasteiger partial charge is 0.310 e. The molecule has 0 saturated heterocycles. The molecule has 0 aliphatic carbocycles. The first-order valence-corrected chi connectivity index (χ1v) is 16.2. The molecule has 1 aliphatic heterocycles. The zero-order valence-electron chi connectivity index (χ0n) is 25.8. The molecule has 2 aromatic heterocycles. The average Bonchev–Trinajstić information content (AvgIpc) is 3.45. The van der Waals surface area contributed by atoms with E-state index in [9.17, 15) is 0 Å². The van der Waals surface area contributed by atoms with Crippen LogP contribution < -0.4 is 0 Å². The molecule has 0 spiro atoms. The number of benzene rings is 6. The van der Waals surface area contributed by atoms with E-state index in [1.165, 1.54) is 66.0 Å². The summed E-state index contributed by atoms with van der Waals surface area (Å²) >= 11 is 0. The fraction of sp³-hybridized carbons (Fsp3) is 0.0455. The summed E-state index contributed by atoms with van der Waals surface area (Å²) in [4.78, 5) is 9.39. The fourth-order valence-electron chi connectivity index (χ4n) is 7.30. The van der Waals surface area contributed by atoms with Crippen LogP contribution in [0.4, 0.5) is 0 Å². The van der Waals surface area contributed by atoms with Crippen LogP contribution in [-0.2, 0) is 6.54 Å². The van der Waals surface area contributed by atoms with Crippen molar-refractivity contribution in [3.05, 3.63) is 163 Å². The Kier molecular flexibility index (Phi) is 6.60. The maximum atomic E-state index is 4.72. The van der Waals surface area contributed by atoms with Crippen molar-refractivity contribution in [2.45, 2.75) is 13.0 Å². The second kappa shape index (κ2) is 11.4. The highest BCUT2D eigenvalue weighted by molar-refractivity contribution is 6.21. The smallest absolute Gasteiger partial charge is 0.0708 e. The predicted molar refractivity (Wildman–Crippen MR) is 199 cm³/mol. The van der Waals surface area contributed by atoms with Crippen LogP contribution in [0.2, 0.25) is 0 Å². The quantitative estimate of drug-likeness (QED) is 0.185. The topological polar surface area (TPSA) is 30.2 Å². The Morgan fingerprint density at radius 3 is 1.98 bits per heavy atom. The number of aliphatic imine (C=N–C) groups is 1. The first kappa shape index (κ1) is 27.3. The monoisotopic (exact) mass is 601 g/mol. The molecule has 1 aliphatic rings. The van der Waals surface area contributed by atoms with Gasteiger partial charge in [-0.2, -0.15) is 0 Å². The fourth-order valence-corrected chi connectivity index (χ4v) is 7.30. The lowest BCUT2D eigenvalue weighted by Crippen LogP contribution is -1.98. The molecule has 222 valence electrons. The molecule has 0 fully saturated rings. The average molecular weight is 602 g/mol. The molecule has 3 heterocycles. The van der Waals surface area contributed by atoms with Gasteiger partial charge in [-0.3, -0.25) is 9.98 Å². The van der Waals surface area contributed by atoms with Crippen LogP contribution in [0.3, 0.4) is 0 Å². The lowest BCUT2D eigenvalue weighted by molar-refractivity contribution is 1.03. The van der Waals surface area contributed by atoms with Gasteiger partial charge < -0.3 is 4.57 Å². The molecule has 0 atom stereocenters. The van der Waals surface area contributed by atoms with E-state index in [4.69, 9.17) is 4.99 Å². The van der Waals surface area contributed by atoms with Gasteiger partial charge >= 0.3 is 0 Å². The third-order valence-electron chi connectivity index (χ3n) is 9.39. The summed E-state index contributed by atoms with van der Waals surface area (Å²) in [5.74, 6) is 0. The molecule has 8 aromatic rings. The summed E-state index contributed by atoms with van der Waals surface area (Å²) < 4.78 is 2.39. The van der Waals surface area contributed by atoms with Crippen LogP contribution in [0.5, 0.6) is 0 Å². The summed E-state index contributed by atoms with van der Waals surface area (Å²) in [5.41, 5.74) is 10.7. The third kappa shape index (κ3) is 4.59. The van der Waals surface area contributed by atoms with Gasteiger partial charge in [-0.25, -0.2) is 0 Å². The molecule has 0 N–H and O–H groups in total. The molecule has 3 nitrogen and oxygen atoms in total. The van der Waals surface area contributed by atoms with Crippen LogP contribution >= 0.6 is 0 Å². The highest BCUT2D eigenvalue weighted by Crippen LogP contribution is 2.44. The second-order valence-electron chi connectivity index (χ2n) is 12.1. The van der Waals surface area contributed by atoms with Gasteiger partial charge in [-0.05, 0) is 92.7 Å². The normalized spacial score (nSPS) is 14.5. The molecular weight excluding hydrogens is 571 g/mol. The van der Waals surface area contributed by atoms with Gasteiger partial charge in [0, 0.05) is 34.4 Å². The second-order valence-corrected chi connectivity index (χ2v) is 12.1. The maximum Gasteiger partial charge on any atom is 0.0708 e. The van der Waals surface area contributed by atoms with E-state index < -0.39 is 0 Å². The van der Waals surface area contributed by atoms with Crippen molar-refractivity contribution >= 4 is 55.6 Å². The Balaban J connectivity index is 1.24. The summed E-state index contributed by atoms with van der Waals surface area (Å²) in [6.07, 6.45) is 13.3. The van der Waals surface area contributed by atoms with E-state index in [0.717, 1.165) is 23.0 Å². The van der Waals surface area contributed by atoms with E-state index in [1.807, 2.05) is 24.6 Å². The Morgan fingerprint density at radius 1 is 0.574 bits per heavy atom. The van der Waals surface area contributed by atoms with E-state index in [1.54, 1.807) is 0 Å². The standard InChI is InChI=1S/C44H31N3/c1-2-10-26-45-29-39-34-13-8-9-19-41(34)47(42(39)18-3-1)33-24-22-31(23-25-33)43-35-14-4-6-16-37(35)44(38-17-7-5-15-36(38)43)32-21-20-30-12-11-27-46-40(30)28-32/h2-28H,1,29H2/b10-2-,18-3-,45-26?. The minimum absolute atomic E-state index is 0.646. The Labute approximate surface area is 273 Å². The molecule has 9 rings (SSSR count). The molecule has 47 heavy (non-hydrogen) atoms. The van der Waals surface area contributed by atoms with Gasteiger partial charge in [-0.1, -0.05) is 109 Å². The molecule has 6 aromatic carbocycles. The number of rotatable bonds is 3. The number of hydrogen-bond donors (Lipinski definition) is 0. The lowest BCUT2D eigenvalue weighted by Gasteiger charge is -2.18. The zero-order valence-corrected chi connectivity index (χ0v) is 25.8. The van der Waals surface area contributed by atoms with Crippen molar-refractivity contribution in [2.75, 3.05) is 0 Å². The van der Waals surface area contributed by atoms with E-state index in [-0.39, 0.29) is 0 Å². The lowest BCUT2D eigenvalue weighted by atomic mass is 9.86. The number of hydrogen-bond acceptors (Lipinski definition) is 2. The number of nitrogens with zero attached hydrogens (tertiary/aromatic N) is 3. The highest BCUT2D eigenvalue weighted by atomic mass is 15.0. The highest BCUT2D eigenvalue weighted by Gasteiger charge is 2.19. The summed E-state index contributed by atoms with van der Waals surface area (Å²) in [6.45, 7) is 0.646. The van der Waals surface area contributed by atoms with Crippen molar-refractivity contribution in [2.24, 2.45) is 4.99 Å². The minimum Gasteiger partial charge on any atom is -0.310 e. The number of aromatic nitrogens is 2. The van der Waals surface area contributed by atoms with Gasteiger partial charge in [0.05, 0.1) is 23.3 Å². The number of pyridine rings is 1. The van der Waals surface area contributed by atoms with Crippen molar-refractivity contribution in [1.82, 2.24) is 9.55 Å². The van der Waals surface area contributed by atoms with Gasteiger partial charge in [0.1, 0.15) is 0 Å². The van der Waals surface area contributed by atoms with Gasteiger partial charge in [0.15, 0.2) is 0 Å². The van der Waals surface area contributed by atoms with E-state index in [0.29, 0.717) is 6.54 Å². The number of allylic oxidation sites excluding steroid dienone is 3. The Bertz CT molecular complexity index is 2510. The van der Waals surface area contributed by atoms with Gasteiger partial charge in [0.25, 0.3) is 0 Å². The minimum atomic E-state index is 0.646. The molecular formula is C44H31N3. The van der Waals surface area contributed by atoms with Crippen molar-refractivity contribution in [3.63, 3.8) is 0 Å². The first-order chi connectivity index (χ1) is 23.3. The van der Waals surface area contributed by atoms with Crippen LogP contribution in [0.1, 0.15) is 17.7 Å². The van der Waals surface area contributed by atoms with Gasteiger partial charge in [0.2, 0.25) is 0 Å². The summed E-state index contributed by atoms with van der Waals surface area (Å²) in [7, 11) is 0. The van der Waals surface area contributed by atoms with Crippen LogP contribution in [0.15, 0.2) is 157 Å². The molecule has 0 saturated carbocycles. The van der Waals surface area contributed by atoms with E-state index in [2.05, 4.69) is 149 Å². The first-order valence-electron chi connectivity index (χ1n) is 16.2. The Morgan fingerprint density at radius 2 is 1.23 bits per heavy atom. The summed E-state index contributed by atoms with van der Waals surface area (Å²) in [6, 6.07) is 46.2. The summed E-state index contributed by atoms with van der Waals surface area (Å²) in [5, 5.41) is 7.36. The number of para-hydroxylation sites is 1.